The molecule has 27 heavy (non-hydrogen) atoms. The first-order valence-corrected chi connectivity index (χ1v) is 9.65. The van der Waals surface area contributed by atoms with Gasteiger partial charge in [0.1, 0.15) is 6.61 Å². The van der Waals surface area contributed by atoms with E-state index in [1.165, 1.54) is 11.5 Å². The summed E-state index contributed by atoms with van der Waals surface area (Å²) in [6.07, 6.45) is 5.48. The second kappa shape index (κ2) is 7.97. The highest BCUT2D eigenvalue weighted by Gasteiger charge is 2.23. The van der Waals surface area contributed by atoms with Crippen molar-refractivity contribution in [3.63, 3.8) is 0 Å². The molecular formula is C17H21N7O2S. The minimum absolute atomic E-state index is 0.0818. The zero-order chi connectivity index (χ0) is 18.6. The summed E-state index contributed by atoms with van der Waals surface area (Å²) in [6.45, 7) is 2.86. The summed E-state index contributed by atoms with van der Waals surface area (Å²) >= 11 is 1.41. The number of ether oxygens (including phenoxy) is 1. The van der Waals surface area contributed by atoms with Crippen molar-refractivity contribution in [3.8, 4) is 5.82 Å². The van der Waals surface area contributed by atoms with E-state index in [-0.39, 0.29) is 5.56 Å². The molecule has 3 aromatic rings. The number of hydrogen-bond donors (Lipinski definition) is 0. The minimum atomic E-state index is -0.0818. The first-order chi connectivity index (χ1) is 13.2. The smallest absolute Gasteiger partial charge is 0.266 e. The first kappa shape index (κ1) is 17.8. The maximum Gasteiger partial charge on any atom is 0.266 e. The van der Waals surface area contributed by atoms with Crippen LogP contribution >= 0.6 is 11.5 Å². The number of methoxy groups -OCH3 is 1. The van der Waals surface area contributed by atoms with Gasteiger partial charge < -0.3 is 9.64 Å². The average molecular weight is 387 g/mol. The van der Waals surface area contributed by atoms with Crippen LogP contribution in [0.15, 0.2) is 35.4 Å². The lowest BCUT2D eigenvalue weighted by molar-refractivity contribution is 0.179. The Morgan fingerprint density at radius 3 is 2.89 bits per heavy atom. The van der Waals surface area contributed by atoms with Gasteiger partial charge >= 0.3 is 0 Å². The van der Waals surface area contributed by atoms with E-state index in [0.717, 1.165) is 36.9 Å². The molecule has 142 valence electrons. The zero-order valence-electron chi connectivity index (χ0n) is 15.1. The fraction of sp³-hybridized carbons (Fsp3) is 0.471. The summed E-state index contributed by atoms with van der Waals surface area (Å²) in [5.41, 5.74) is -0.0818. The molecule has 0 aliphatic carbocycles. The number of piperidine rings is 1. The topological polar surface area (TPSA) is 91.0 Å². The highest BCUT2D eigenvalue weighted by atomic mass is 32.1. The van der Waals surface area contributed by atoms with Crippen molar-refractivity contribution < 1.29 is 4.74 Å². The van der Waals surface area contributed by atoms with Crippen molar-refractivity contribution in [2.45, 2.75) is 26.0 Å². The van der Waals surface area contributed by atoms with Crippen LogP contribution in [0.1, 0.15) is 18.7 Å². The van der Waals surface area contributed by atoms with Gasteiger partial charge in [0.15, 0.2) is 11.6 Å². The largest absolute Gasteiger partial charge is 0.377 e. The van der Waals surface area contributed by atoms with Crippen LogP contribution in [0, 0.1) is 5.92 Å². The highest BCUT2D eigenvalue weighted by molar-refractivity contribution is 7.09. The van der Waals surface area contributed by atoms with Crippen LogP contribution in [-0.4, -0.2) is 49.1 Å². The monoisotopic (exact) mass is 387 g/mol. The van der Waals surface area contributed by atoms with Crippen molar-refractivity contribution in [1.82, 2.24) is 28.9 Å². The molecule has 0 amide bonds. The third-order valence-electron chi connectivity index (χ3n) is 4.64. The maximum atomic E-state index is 12.2. The SMILES string of the molecule is COCc1nsc(N2CCC(Cn3nc(-n4cccn4)ccc3=O)CC2)n1. The lowest BCUT2D eigenvalue weighted by atomic mass is 9.97. The Labute approximate surface area is 160 Å². The molecule has 0 atom stereocenters. The van der Waals surface area contributed by atoms with Gasteiger partial charge in [0.2, 0.25) is 5.13 Å². The van der Waals surface area contributed by atoms with Gasteiger partial charge in [0, 0.05) is 56.7 Å². The predicted molar refractivity (Wildman–Crippen MR) is 101 cm³/mol. The summed E-state index contributed by atoms with van der Waals surface area (Å²) in [6, 6.07) is 5.08. The van der Waals surface area contributed by atoms with Gasteiger partial charge in [-0.25, -0.2) is 14.3 Å². The third-order valence-corrected chi connectivity index (χ3v) is 5.45. The van der Waals surface area contributed by atoms with Crippen molar-refractivity contribution >= 4 is 16.7 Å². The zero-order valence-corrected chi connectivity index (χ0v) is 15.9. The Balaban J connectivity index is 1.39. The Morgan fingerprint density at radius 1 is 1.30 bits per heavy atom. The van der Waals surface area contributed by atoms with Crippen LogP contribution in [0.3, 0.4) is 0 Å². The Morgan fingerprint density at radius 2 is 2.15 bits per heavy atom. The van der Waals surface area contributed by atoms with Gasteiger partial charge in [0.25, 0.3) is 5.56 Å². The van der Waals surface area contributed by atoms with Crippen LogP contribution in [0.5, 0.6) is 0 Å². The molecule has 0 radical (unpaired) electrons. The summed E-state index contributed by atoms with van der Waals surface area (Å²) in [7, 11) is 1.64. The van der Waals surface area contributed by atoms with E-state index >= 15 is 0 Å². The normalized spacial score (nSPS) is 15.4. The molecule has 1 aliphatic rings. The average Bonchev–Trinajstić information content (AvgIpc) is 3.37. The fourth-order valence-corrected chi connectivity index (χ4v) is 3.93. The van der Waals surface area contributed by atoms with Crippen LogP contribution in [-0.2, 0) is 17.9 Å². The molecular weight excluding hydrogens is 366 g/mol. The Kier molecular flexibility index (Phi) is 5.26. The molecule has 9 nitrogen and oxygen atoms in total. The fourth-order valence-electron chi connectivity index (χ4n) is 3.21. The maximum absolute atomic E-state index is 12.2. The summed E-state index contributed by atoms with van der Waals surface area (Å²) in [4.78, 5) is 19.0. The summed E-state index contributed by atoms with van der Waals surface area (Å²) in [5.74, 6) is 1.79. The lowest BCUT2D eigenvalue weighted by Crippen LogP contribution is -2.37. The van der Waals surface area contributed by atoms with E-state index < -0.39 is 0 Å². The van der Waals surface area contributed by atoms with Crippen molar-refractivity contribution in [2.24, 2.45) is 5.92 Å². The number of rotatable bonds is 6. The first-order valence-electron chi connectivity index (χ1n) is 8.87. The Bertz CT molecular complexity index is 929. The number of anilines is 1. The van der Waals surface area contributed by atoms with Crippen LogP contribution in [0.4, 0.5) is 5.13 Å². The molecule has 4 rings (SSSR count). The molecule has 1 aliphatic heterocycles. The van der Waals surface area contributed by atoms with E-state index in [1.54, 1.807) is 34.8 Å². The van der Waals surface area contributed by atoms with Crippen LogP contribution < -0.4 is 10.5 Å². The van der Waals surface area contributed by atoms with E-state index in [9.17, 15) is 4.79 Å². The van der Waals surface area contributed by atoms with E-state index in [4.69, 9.17) is 4.74 Å². The summed E-state index contributed by atoms with van der Waals surface area (Å²) in [5, 5.41) is 9.58. The molecule has 0 saturated carbocycles. The molecule has 1 saturated heterocycles. The number of aromatic nitrogens is 6. The molecule has 0 aromatic carbocycles. The molecule has 0 spiro atoms. The minimum Gasteiger partial charge on any atom is -0.377 e. The molecule has 4 heterocycles. The van der Waals surface area contributed by atoms with E-state index in [0.29, 0.717) is 24.9 Å². The van der Waals surface area contributed by atoms with Crippen molar-refractivity contribution in [3.05, 3.63) is 46.8 Å². The van der Waals surface area contributed by atoms with Gasteiger partial charge in [0.05, 0.1) is 0 Å². The highest BCUT2D eigenvalue weighted by Crippen LogP contribution is 2.25. The second-order valence-corrected chi connectivity index (χ2v) is 7.25. The van der Waals surface area contributed by atoms with Gasteiger partial charge in [-0.3, -0.25) is 4.79 Å². The summed E-state index contributed by atoms with van der Waals surface area (Å²) < 4.78 is 12.6. The van der Waals surface area contributed by atoms with Crippen LogP contribution in [0.25, 0.3) is 5.82 Å². The molecule has 10 heteroatoms. The third kappa shape index (κ3) is 4.06. The standard InChI is InChI=1S/C17H21N7O2S/c1-26-12-14-19-17(27-21-14)22-9-5-13(6-10-22)11-24-16(25)4-3-15(20-24)23-8-2-7-18-23/h2-4,7-8,13H,5-6,9-12H2,1H3. The molecule has 0 unspecified atom stereocenters. The molecule has 0 bridgehead atoms. The van der Waals surface area contributed by atoms with E-state index in [1.807, 2.05) is 12.3 Å². The lowest BCUT2D eigenvalue weighted by Gasteiger charge is -2.31. The quantitative estimate of drug-likeness (QED) is 0.630. The predicted octanol–water partition coefficient (Wildman–Crippen LogP) is 1.34. The van der Waals surface area contributed by atoms with Gasteiger partial charge in [-0.2, -0.15) is 9.47 Å². The van der Waals surface area contributed by atoms with Crippen molar-refractivity contribution in [2.75, 3.05) is 25.1 Å². The molecule has 1 fully saturated rings. The van der Waals surface area contributed by atoms with Gasteiger partial charge in [-0.05, 0) is 30.9 Å². The number of hydrogen-bond acceptors (Lipinski definition) is 8. The number of nitrogens with zero attached hydrogens (tertiary/aromatic N) is 7. The van der Waals surface area contributed by atoms with Crippen LogP contribution in [0.2, 0.25) is 0 Å². The molecule has 0 N–H and O–H groups in total. The Hall–Kier alpha value is -2.59. The van der Waals surface area contributed by atoms with Gasteiger partial charge in [-0.15, -0.1) is 5.10 Å². The second-order valence-electron chi connectivity index (χ2n) is 6.52. The van der Waals surface area contributed by atoms with Gasteiger partial charge in [-0.1, -0.05) is 0 Å². The van der Waals surface area contributed by atoms with E-state index in [2.05, 4.69) is 24.5 Å². The van der Waals surface area contributed by atoms with Crippen molar-refractivity contribution in [1.29, 1.82) is 0 Å². The molecule has 3 aromatic heterocycles.